The van der Waals surface area contributed by atoms with Gasteiger partial charge in [0.15, 0.2) is 0 Å². The van der Waals surface area contributed by atoms with Gasteiger partial charge in [-0.25, -0.2) is 0 Å². The minimum atomic E-state index is 0.590. The van der Waals surface area contributed by atoms with Gasteiger partial charge in [-0.1, -0.05) is 0 Å². The van der Waals surface area contributed by atoms with Crippen molar-refractivity contribution < 1.29 is 18.9 Å². The van der Waals surface area contributed by atoms with Crippen molar-refractivity contribution in [3.63, 3.8) is 0 Å². The third-order valence-electron chi connectivity index (χ3n) is 2.81. The Balaban J connectivity index is 1.29. The van der Waals surface area contributed by atoms with Gasteiger partial charge in [-0.15, -0.1) is 0 Å². The van der Waals surface area contributed by atoms with E-state index in [9.17, 15) is 0 Å². The van der Waals surface area contributed by atoms with Crippen LogP contribution in [0.25, 0.3) is 0 Å². The first-order valence-corrected chi connectivity index (χ1v) is 9.17. The van der Waals surface area contributed by atoms with Gasteiger partial charge in [0.05, 0.1) is 52.9 Å². The molecule has 0 aromatic carbocycles. The first kappa shape index (κ1) is 17.6. The lowest BCUT2D eigenvalue weighted by atomic mass is 10.4. The second kappa shape index (κ2) is 11.8. The average Bonchev–Trinajstić information content (AvgIpc) is 3.21. The normalized spacial score (nSPS) is 11.1. The minimum Gasteiger partial charge on any atom is -0.377 e. The molecule has 0 radical (unpaired) electrons. The van der Waals surface area contributed by atoms with E-state index in [1.165, 1.54) is 11.1 Å². The highest BCUT2D eigenvalue weighted by atomic mass is 32.1. The van der Waals surface area contributed by atoms with Gasteiger partial charge in [0.2, 0.25) is 0 Å². The molecule has 0 amide bonds. The molecule has 0 saturated heterocycles. The zero-order chi connectivity index (χ0) is 15.3. The van der Waals surface area contributed by atoms with Gasteiger partial charge in [-0.3, -0.25) is 0 Å². The second-order valence-electron chi connectivity index (χ2n) is 4.59. The van der Waals surface area contributed by atoms with E-state index in [-0.39, 0.29) is 0 Å². The van der Waals surface area contributed by atoms with E-state index in [2.05, 4.69) is 33.7 Å². The highest BCUT2D eigenvalue weighted by Crippen LogP contribution is 2.07. The van der Waals surface area contributed by atoms with Crippen LogP contribution in [0.3, 0.4) is 0 Å². The Kier molecular flexibility index (Phi) is 9.40. The molecule has 22 heavy (non-hydrogen) atoms. The molecule has 0 atom stereocenters. The molecule has 0 unspecified atom stereocenters. The molecule has 0 aliphatic carbocycles. The maximum absolute atomic E-state index is 5.49. The predicted molar refractivity (Wildman–Crippen MR) is 89.6 cm³/mol. The van der Waals surface area contributed by atoms with Crippen LogP contribution in [0.4, 0.5) is 0 Å². The van der Waals surface area contributed by atoms with E-state index in [1.54, 1.807) is 22.7 Å². The van der Waals surface area contributed by atoms with E-state index >= 15 is 0 Å². The van der Waals surface area contributed by atoms with Crippen molar-refractivity contribution in [3.8, 4) is 0 Å². The molecule has 2 heterocycles. The van der Waals surface area contributed by atoms with E-state index in [0.717, 1.165) is 0 Å². The number of thiophene rings is 2. The van der Waals surface area contributed by atoms with Crippen LogP contribution >= 0.6 is 22.7 Å². The summed E-state index contributed by atoms with van der Waals surface area (Å²) in [5.74, 6) is 0. The molecule has 2 aromatic rings. The van der Waals surface area contributed by atoms with Crippen LogP contribution in [-0.4, -0.2) is 39.6 Å². The summed E-state index contributed by atoms with van der Waals surface area (Å²) in [6, 6.07) is 4.14. The van der Waals surface area contributed by atoms with Crippen LogP contribution < -0.4 is 0 Å². The van der Waals surface area contributed by atoms with Crippen molar-refractivity contribution in [2.45, 2.75) is 13.2 Å². The summed E-state index contributed by atoms with van der Waals surface area (Å²) < 4.78 is 21.9. The number of hydrogen-bond acceptors (Lipinski definition) is 6. The van der Waals surface area contributed by atoms with Crippen molar-refractivity contribution in [1.29, 1.82) is 0 Å². The van der Waals surface area contributed by atoms with Crippen LogP contribution in [0.2, 0.25) is 0 Å². The first-order chi connectivity index (χ1) is 10.9. The molecule has 2 rings (SSSR count). The summed E-state index contributed by atoms with van der Waals surface area (Å²) in [6.45, 7) is 4.91. The van der Waals surface area contributed by atoms with Crippen LogP contribution in [-0.2, 0) is 32.2 Å². The Morgan fingerprint density at radius 1 is 0.591 bits per heavy atom. The number of ether oxygens (including phenoxy) is 4. The molecule has 0 aliphatic heterocycles. The van der Waals surface area contributed by atoms with E-state index < -0.39 is 0 Å². The highest BCUT2D eigenvalue weighted by Gasteiger charge is 1.95. The molecule has 0 saturated carbocycles. The SMILES string of the molecule is c1cc(COCCOCCOCCOCc2ccsc2)cs1. The Morgan fingerprint density at radius 3 is 1.36 bits per heavy atom. The van der Waals surface area contributed by atoms with Gasteiger partial charge in [-0.2, -0.15) is 22.7 Å². The van der Waals surface area contributed by atoms with Crippen molar-refractivity contribution >= 4 is 22.7 Å². The first-order valence-electron chi connectivity index (χ1n) is 7.28. The lowest BCUT2D eigenvalue weighted by Gasteiger charge is -2.07. The van der Waals surface area contributed by atoms with Gasteiger partial charge in [0.25, 0.3) is 0 Å². The van der Waals surface area contributed by atoms with E-state index in [0.29, 0.717) is 52.9 Å². The van der Waals surface area contributed by atoms with Crippen molar-refractivity contribution in [1.82, 2.24) is 0 Å². The number of rotatable bonds is 13. The monoisotopic (exact) mass is 342 g/mol. The summed E-state index contributed by atoms with van der Waals surface area (Å²) in [7, 11) is 0. The molecular weight excluding hydrogens is 320 g/mol. The summed E-state index contributed by atoms with van der Waals surface area (Å²) >= 11 is 3.37. The van der Waals surface area contributed by atoms with Gasteiger partial charge < -0.3 is 18.9 Å². The molecule has 0 bridgehead atoms. The predicted octanol–water partition coefficient (Wildman–Crippen LogP) is 3.58. The van der Waals surface area contributed by atoms with Crippen LogP contribution in [0.5, 0.6) is 0 Å². The Morgan fingerprint density at radius 2 is 1.00 bits per heavy atom. The molecule has 4 nitrogen and oxygen atoms in total. The van der Waals surface area contributed by atoms with E-state index in [4.69, 9.17) is 18.9 Å². The molecule has 0 aliphatic rings. The molecule has 0 spiro atoms. The zero-order valence-electron chi connectivity index (χ0n) is 12.6. The Hall–Kier alpha value is -0.760. The summed E-state index contributed by atoms with van der Waals surface area (Å²) in [6.07, 6.45) is 0. The second-order valence-corrected chi connectivity index (χ2v) is 6.15. The van der Waals surface area contributed by atoms with Gasteiger partial charge >= 0.3 is 0 Å². The largest absolute Gasteiger partial charge is 0.377 e. The smallest absolute Gasteiger partial charge is 0.0726 e. The fourth-order valence-electron chi connectivity index (χ4n) is 1.69. The third-order valence-corrected chi connectivity index (χ3v) is 4.28. The van der Waals surface area contributed by atoms with Crippen LogP contribution in [0.1, 0.15) is 11.1 Å². The molecule has 2 aromatic heterocycles. The Labute approximate surface area is 139 Å². The highest BCUT2D eigenvalue weighted by molar-refractivity contribution is 7.08. The van der Waals surface area contributed by atoms with Gasteiger partial charge in [0.1, 0.15) is 0 Å². The lowest BCUT2D eigenvalue weighted by Crippen LogP contribution is -2.11. The summed E-state index contributed by atoms with van der Waals surface area (Å²) in [5, 5.41) is 8.29. The molecule has 122 valence electrons. The average molecular weight is 342 g/mol. The van der Waals surface area contributed by atoms with Crippen LogP contribution in [0.15, 0.2) is 33.7 Å². The summed E-state index contributed by atoms with van der Waals surface area (Å²) in [5.41, 5.74) is 2.44. The molecule has 0 fully saturated rings. The van der Waals surface area contributed by atoms with Gasteiger partial charge in [-0.05, 0) is 44.8 Å². The fraction of sp³-hybridized carbons (Fsp3) is 0.500. The van der Waals surface area contributed by atoms with E-state index in [1.807, 2.05) is 0 Å². The zero-order valence-corrected chi connectivity index (χ0v) is 14.2. The third kappa shape index (κ3) is 8.03. The number of hydrogen-bond donors (Lipinski definition) is 0. The maximum Gasteiger partial charge on any atom is 0.0726 e. The topological polar surface area (TPSA) is 36.9 Å². The van der Waals surface area contributed by atoms with Crippen molar-refractivity contribution in [2.24, 2.45) is 0 Å². The lowest BCUT2D eigenvalue weighted by molar-refractivity contribution is -0.00613. The Bertz CT molecular complexity index is 412. The molecular formula is C16H22O4S2. The van der Waals surface area contributed by atoms with Crippen molar-refractivity contribution in [2.75, 3.05) is 39.6 Å². The summed E-state index contributed by atoms with van der Waals surface area (Å²) in [4.78, 5) is 0. The van der Waals surface area contributed by atoms with Crippen LogP contribution in [0, 0.1) is 0 Å². The minimum absolute atomic E-state index is 0.590. The molecule has 6 heteroatoms. The quantitative estimate of drug-likeness (QED) is 0.522. The molecule has 0 N–H and O–H groups in total. The van der Waals surface area contributed by atoms with Gasteiger partial charge in [0, 0.05) is 0 Å². The standard InChI is InChI=1S/C16H22O4S2/c1-9-21-13-15(1)11-19-7-5-17-3-4-18-6-8-20-12-16-2-10-22-14-16/h1-2,9-10,13-14H,3-8,11-12H2. The fourth-order valence-corrected chi connectivity index (χ4v) is 2.99. The maximum atomic E-state index is 5.49. The van der Waals surface area contributed by atoms with Crippen molar-refractivity contribution in [3.05, 3.63) is 44.8 Å².